The summed E-state index contributed by atoms with van der Waals surface area (Å²) in [6.07, 6.45) is 0.554. The van der Waals surface area contributed by atoms with Crippen molar-refractivity contribution in [2.45, 2.75) is 32.5 Å². The van der Waals surface area contributed by atoms with Gasteiger partial charge in [0.15, 0.2) is 0 Å². The lowest BCUT2D eigenvalue weighted by molar-refractivity contribution is 0.120. The molecule has 0 aromatic carbocycles. The van der Waals surface area contributed by atoms with Gasteiger partial charge in [0.05, 0.1) is 12.2 Å². The standard InChI is InChI=1S/C9H19NO2/c1-3-8-5-10(4-7(2)11)6-9(8)12/h7-9,11-12H,3-6H2,1-2H3. The van der Waals surface area contributed by atoms with E-state index in [1.807, 2.05) is 0 Å². The van der Waals surface area contributed by atoms with Crippen molar-refractivity contribution in [3.63, 3.8) is 0 Å². The lowest BCUT2D eigenvalue weighted by Crippen LogP contribution is -2.29. The van der Waals surface area contributed by atoms with E-state index >= 15 is 0 Å². The van der Waals surface area contributed by atoms with Crippen LogP contribution in [0.1, 0.15) is 20.3 Å². The molecule has 0 spiro atoms. The molecule has 2 N–H and O–H groups in total. The monoisotopic (exact) mass is 173 g/mol. The molecule has 1 aliphatic heterocycles. The van der Waals surface area contributed by atoms with Crippen molar-refractivity contribution in [3.8, 4) is 0 Å². The third-order valence-corrected chi connectivity index (χ3v) is 2.53. The molecule has 1 fully saturated rings. The SMILES string of the molecule is CCC1CN(CC(C)O)CC1O. The normalized spacial score (nSPS) is 34.0. The van der Waals surface area contributed by atoms with Crippen molar-refractivity contribution in [1.82, 2.24) is 4.90 Å². The van der Waals surface area contributed by atoms with Crippen molar-refractivity contribution >= 4 is 0 Å². The predicted molar refractivity (Wildman–Crippen MR) is 47.9 cm³/mol. The van der Waals surface area contributed by atoms with E-state index in [0.717, 1.165) is 19.5 Å². The molecule has 1 rings (SSSR count). The van der Waals surface area contributed by atoms with E-state index in [2.05, 4.69) is 11.8 Å². The van der Waals surface area contributed by atoms with Crippen LogP contribution in [0.15, 0.2) is 0 Å². The van der Waals surface area contributed by atoms with Crippen molar-refractivity contribution in [1.29, 1.82) is 0 Å². The highest BCUT2D eigenvalue weighted by molar-refractivity contribution is 4.83. The van der Waals surface area contributed by atoms with Gasteiger partial charge in [0.25, 0.3) is 0 Å². The van der Waals surface area contributed by atoms with Crippen molar-refractivity contribution in [2.24, 2.45) is 5.92 Å². The minimum absolute atomic E-state index is 0.186. The smallest absolute Gasteiger partial charge is 0.0707 e. The summed E-state index contributed by atoms with van der Waals surface area (Å²) in [5.74, 6) is 0.406. The minimum atomic E-state index is -0.284. The summed E-state index contributed by atoms with van der Waals surface area (Å²) in [4.78, 5) is 2.13. The molecule has 0 bridgehead atoms. The number of nitrogens with zero attached hydrogens (tertiary/aromatic N) is 1. The highest BCUT2D eigenvalue weighted by Gasteiger charge is 2.29. The molecule has 3 nitrogen and oxygen atoms in total. The first kappa shape index (κ1) is 9.96. The second-order valence-electron chi connectivity index (χ2n) is 3.80. The van der Waals surface area contributed by atoms with Crippen LogP contribution >= 0.6 is 0 Å². The second-order valence-corrected chi connectivity index (χ2v) is 3.80. The zero-order valence-electron chi connectivity index (χ0n) is 7.90. The maximum atomic E-state index is 9.55. The van der Waals surface area contributed by atoms with Crippen molar-refractivity contribution < 1.29 is 10.2 Å². The van der Waals surface area contributed by atoms with E-state index in [9.17, 15) is 5.11 Å². The summed E-state index contributed by atoms with van der Waals surface area (Å²) in [6.45, 7) is 6.23. The Morgan fingerprint density at radius 3 is 2.58 bits per heavy atom. The molecule has 72 valence electrons. The average molecular weight is 173 g/mol. The van der Waals surface area contributed by atoms with Crippen molar-refractivity contribution in [3.05, 3.63) is 0 Å². The molecule has 0 radical (unpaired) electrons. The molecular formula is C9H19NO2. The Bertz CT molecular complexity index is 138. The lowest BCUT2D eigenvalue weighted by Gasteiger charge is -2.16. The van der Waals surface area contributed by atoms with Gasteiger partial charge in [-0.15, -0.1) is 0 Å². The Labute approximate surface area is 74.0 Å². The summed E-state index contributed by atoms with van der Waals surface area (Å²) < 4.78 is 0. The highest BCUT2D eigenvalue weighted by Crippen LogP contribution is 2.19. The first-order chi connectivity index (χ1) is 5.63. The first-order valence-corrected chi connectivity index (χ1v) is 4.72. The number of aliphatic hydroxyl groups is 2. The zero-order chi connectivity index (χ0) is 9.14. The van der Waals surface area contributed by atoms with E-state index in [4.69, 9.17) is 5.11 Å². The van der Waals surface area contributed by atoms with Crippen LogP contribution < -0.4 is 0 Å². The summed E-state index contributed by atoms with van der Waals surface area (Å²) in [7, 11) is 0. The zero-order valence-corrected chi connectivity index (χ0v) is 7.90. The van der Waals surface area contributed by atoms with Crippen LogP contribution in [0.25, 0.3) is 0 Å². The van der Waals surface area contributed by atoms with Gasteiger partial charge in [-0.2, -0.15) is 0 Å². The van der Waals surface area contributed by atoms with Gasteiger partial charge in [-0.1, -0.05) is 6.92 Å². The molecule has 1 heterocycles. The van der Waals surface area contributed by atoms with Crippen LogP contribution in [-0.2, 0) is 0 Å². The molecule has 12 heavy (non-hydrogen) atoms. The van der Waals surface area contributed by atoms with E-state index in [1.54, 1.807) is 6.92 Å². The fourth-order valence-electron chi connectivity index (χ4n) is 1.87. The second kappa shape index (κ2) is 4.21. The van der Waals surface area contributed by atoms with Gasteiger partial charge in [-0.3, -0.25) is 4.90 Å². The quantitative estimate of drug-likeness (QED) is 0.635. The van der Waals surface area contributed by atoms with Crippen LogP contribution in [0.2, 0.25) is 0 Å². The van der Waals surface area contributed by atoms with Crippen LogP contribution in [0.3, 0.4) is 0 Å². The molecule has 0 aliphatic carbocycles. The Hall–Kier alpha value is -0.120. The topological polar surface area (TPSA) is 43.7 Å². The molecule has 0 aromatic heterocycles. The largest absolute Gasteiger partial charge is 0.392 e. The summed E-state index contributed by atoms with van der Waals surface area (Å²) in [5.41, 5.74) is 0. The van der Waals surface area contributed by atoms with Gasteiger partial charge in [-0.05, 0) is 19.3 Å². The van der Waals surface area contributed by atoms with Crippen LogP contribution in [0, 0.1) is 5.92 Å². The van der Waals surface area contributed by atoms with Crippen LogP contribution in [0.5, 0.6) is 0 Å². The Kier molecular flexibility index (Phi) is 3.50. The number of aliphatic hydroxyl groups excluding tert-OH is 2. The number of hydrogen-bond donors (Lipinski definition) is 2. The molecule has 0 saturated carbocycles. The molecule has 1 aliphatic rings. The molecule has 0 aromatic rings. The maximum Gasteiger partial charge on any atom is 0.0707 e. The van der Waals surface area contributed by atoms with E-state index in [-0.39, 0.29) is 12.2 Å². The Morgan fingerprint density at radius 1 is 1.50 bits per heavy atom. The van der Waals surface area contributed by atoms with Crippen LogP contribution in [-0.4, -0.2) is 47.0 Å². The molecule has 3 unspecified atom stereocenters. The van der Waals surface area contributed by atoms with E-state index in [0.29, 0.717) is 12.5 Å². The fraction of sp³-hybridized carbons (Fsp3) is 1.00. The van der Waals surface area contributed by atoms with Gasteiger partial charge >= 0.3 is 0 Å². The summed E-state index contributed by atoms with van der Waals surface area (Å²) in [6, 6.07) is 0. The van der Waals surface area contributed by atoms with Gasteiger partial charge in [0.1, 0.15) is 0 Å². The minimum Gasteiger partial charge on any atom is -0.392 e. The van der Waals surface area contributed by atoms with Crippen molar-refractivity contribution in [2.75, 3.05) is 19.6 Å². The Balaban J connectivity index is 2.33. The average Bonchev–Trinajstić information content (AvgIpc) is 2.29. The Morgan fingerprint density at radius 2 is 2.17 bits per heavy atom. The lowest BCUT2D eigenvalue weighted by atomic mass is 10.0. The predicted octanol–water partition coefficient (Wildman–Crippen LogP) is 0.0699. The maximum absolute atomic E-state index is 9.55. The third kappa shape index (κ3) is 2.44. The molecular weight excluding hydrogens is 154 g/mol. The molecule has 3 atom stereocenters. The molecule has 0 amide bonds. The number of likely N-dealkylation sites (tertiary alicyclic amines) is 1. The van der Waals surface area contributed by atoms with E-state index < -0.39 is 0 Å². The fourth-order valence-corrected chi connectivity index (χ4v) is 1.87. The van der Waals surface area contributed by atoms with Gasteiger partial charge in [0.2, 0.25) is 0 Å². The first-order valence-electron chi connectivity index (χ1n) is 4.72. The third-order valence-electron chi connectivity index (χ3n) is 2.53. The van der Waals surface area contributed by atoms with E-state index in [1.165, 1.54) is 0 Å². The highest BCUT2D eigenvalue weighted by atomic mass is 16.3. The van der Waals surface area contributed by atoms with Gasteiger partial charge in [0, 0.05) is 19.6 Å². The van der Waals surface area contributed by atoms with Crippen LogP contribution in [0.4, 0.5) is 0 Å². The summed E-state index contributed by atoms with van der Waals surface area (Å²) >= 11 is 0. The van der Waals surface area contributed by atoms with Gasteiger partial charge in [-0.25, -0.2) is 0 Å². The summed E-state index contributed by atoms with van der Waals surface area (Å²) in [5, 5.41) is 18.7. The molecule has 1 saturated heterocycles. The number of rotatable bonds is 3. The molecule has 3 heteroatoms. The van der Waals surface area contributed by atoms with Gasteiger partial charge < -0.3 is 10.2 Å². The number of β-amino-alcohol motifs (C(OH)–C–C–N with tert-alkyl or cyclic N) is 2. The number of hydrogen-bond acceptors (Lipinski definition) is 3.